The standard InChI is InChI=1S/C31H19F7O/c1-2-3-4-19-5-7-20(8-6-19)9-10-21-11-14-25(27(33)15-21)31(37,38)39-23-12-13-24(26(32)18-23)22-16-28(34)30(36)29(35)17-22/h2,5-8,11-18H,1,3-4H2. The van der Waals surface area contributed by atoms with E-state index in [-0.39, 0.29) is 16.7 Å². The molecule has 0 aliphatic rings. The molecule has 0 saturated heterocycles. The van der Waals surface area contributed by atoms with Gasteiger partial charge in [0.2, 0.25) is 0 Å². The summed E-state index contributed by atoms with van der Waals surface area (Å²) in [7, 11) is 0. The molecule has 0 spiro atoms. The van der Waals surface area contributed by atoms with Crippen LogP contribution < -0.4 is 4.74 Å². The molecule has 4 rings (SSSR count). The molecule has 0 bridgehead atoms. The zero-order valence-corrected chi connectivity index (χ0v) is 20.2. The number of halogens is 7. The van der Waals surface area contributed by atoms with Gasteiger partial charge in [-0.1, -0.05) is 30.0 Å². The maximum atomic E-state index is 14.7. The highest BCUT2D eigenvalue weighted by Gasteiger charge is 2.38. The second-order valence-electron chi connectivity index (χ2n) is 8.48. The van der Waals surface area contributed by atoms with Crippen LogP contribution in [0.2, 0.25) is 0 Å². The lowest BCUT2D eigenvalue weighted by molar-refractivity contribution is -0.187. The topological polar surface area (TPSA) is 9.23 Å². The Morgan fingerprint density at radius 1 is 0.718 bits per heavy atom. The molecule has 4 aromatic carbocycles. The quantitative estimate of drug-likeness (QED) is 0.0986. The summed E-state index contributed by atoms with van der Waals surface area (Å²) in [6.45, 7) is 3.68. The Bertz CT molecular complexity index is 1560. The second kappa shape index (κ2) is 11.5. The normalized spacial score (nSPS) is 11.1. The first-order chi connectivity index (χ1) is 18.6. The number of hydrogen-bond donors (Lipinski definition) is 0. The van der Waals surface area contributed by atoms with E-state index in [0.29, 0.717) is 23.8 Å². The van der Waals surface area contributed by atoms with Gasteiger partial charge in [0.1, 0.15) is 22.9 Å². The van der Waals surface area contributed by atoms with Gasteiger partial charge in [-0.3, -0.25) is 0 Å². The van der Waals surface area contributed by atoms with E-state index in [1.165, 1.54) is 6.07 Å². The van der Waals surface area contributed by atoms with E-state index < -0.39 is 46.5 Å². The molecule has 0 aliphatic heterocycles. The molecule has 1 nitrogen and oxygen atoms in total. The Kier molecular flexibility index (Phi) is 8.10. The van der Waals surface area contributed by atoms with Crippen molar-refractivity contribution in [1.82, 2.24) is 0 Å². The van der Waals surface area contributed by atoms with Gasteiger partial charge >= 0.3 is 6.11 Å². The van der Waals surface area contributed by atoms with E-state index in [4.69, 9.17) is 0 Å². The summed E-state index contributed by atoms with van der Waals surface area (Å²) in [6, 6.07) is 13.7. The Morgan fingerprint density at radius 2 is 1.36 bits per heavy atom. The fourth-order valence-electron chi connectivity index (χ4n) is 3.70. The third-order valence-corrected chi connectivity index (χ3v) is 5.71. The van der Waals surface area contributed by atoms with Crippen LogP contribution in [0.25, 0.3) is 11.1 Å². The van der Waals surface area contributed by atoms with Crippen molar-refractivity contribution in [2.24, 2.45) is 0 Å². The summed E-state index contributed by atoms with van der Waals surface area (Å²) in [5, 5.41) is 0. The molecule has 0 heterocycles. The number of allylic oxidation sites excluding steroid dienone is 1. The molecule has 0 aliphatic carbocycles. The molecule has 4 aromatic rings. The van der Waals surface area contributed by atoms with Gasteiger partial charge in [-0.05, 0) is 78.6 Å². The lowest BCUT2D eigenvalue weighted by atomic mass is 10.0. The highest BCUT2D eigenvalue weighted by Crippen LogP contribution is 2.35. The summed E-state index contributed by atoms with van der Waals surface area (Å²) in [4.78, 5) is 0. The SMILES string of the molecule is C=CCCc1ccc(C#Cc2ccc(C(F)(F)Oc3ccc(-c4cc(F)c(F)c(F)c4)c(F)c3)c(F)c2)cc1. The molecule has 0 unspecified atom stereocenters. The van der Waals surface area contributed by atoms with Gasteiger partial charge in [0.15, 0.2) is 17.5 Å². The molecule has 0 amide bonds. The molecule has 0 radical (unpaired) electrons. The highest BCUT2D eigenvalue weighted by molar-refractivity contribution is 5.65. The first-order valence-electron chi connectivity index (χ1n) is 11.6. The molecule has 0 aromatic heterocycles. The molecular weight excluding hydrogens is 521 g/mol. The Hall–Kier alpha value is -4.51. The first kappa shape index (κ1) is 27.5. The van der Waals surface area contributed by atoms with Crippen molar-refractivity contribution in [2.45, 2.75) is 19.0 Å². The van der Waals surface area contributed by atoms with Crippen LogP contribution in [0.3, 0.4) is 0 Å². The minimum atomic E-state index is -4.20. The number of benzene rings is 4. The maximum Gasteiger partial charge on any atom is 0.429 e. The van der Waals surface area contributed by atoms with Crippen molar-refractivity contribution >= 4 is 0 Å². The second-order valence-corrected chi connectivity index (χ2v) is 8.48. The lowest BCUT2D eigenvalue weighted by Gasteiger charge is -2.19. The van der Waals surface area contributed by atoms with E-state index in [1.54, 1.807) is 12.1 Å². The monoisotopic (exact) mass is 540 g/mol. The van der Waals surface area contributed by atoms with E-state index in [2.05, 4.69) is 23.2 Å². The van der Waals surface area contributed by atoms with Gasteiger partial charge in [-0.25, -0.2) is 22.0 Å². The average Bonchev–Trinajstić information content (AvgIpc) is 2.89. The summed E-state index contributed by atoms with van der Waals surface area (Å²) in [6.07, 6.45) is -0.703. The molecule has 0 fully saturated rings. The van der Waals surface area contributed by atoms with Crippen molar-refractivity contribution in [3.8, 4) is 28.7 Å². The Morgan fingerprint density at radius 3 is 1.97 bits per heavy atom. The van der Waals surface area contributed by atoms with Crippen molar-refractivity contribution < 1.29 is 35.5 Å². The van der Waals surface area contributed by atoms with Gasteiger partial charge in [0.05, 0.1) is 0 Å². The van der Waals surface area contributed by atoms with Crippen LogP contribution in [0.15, 0.2) is 85.5 Å². The van der Waals surface area contributed by atoms with Crippen LogP contribution in [-0.2, 0) is 12.5 Å². The number of rotatable bonds is 7. The fourth-order valence-corrected chi connectivity index (χ4v) is 3.70. The van der Waals surface area contributed by atoms with Crippen LogP contribution in [0.1, 0.15) is 28.7 Å². The minimum absolute atomic E-state index is 0.150. The molecule has 39 heavy (non-hydrogen) atoms. The van der Waals surface area contributed by atoms with E-state index in [0.717, 1.165) is 42.7 Å². The summed E-state index contributed by atoms with van der Waals surface area (Å²) < 4.78 is 103. The van der Waals surface area contributed by atoms with E-state index in [9.17, 15) is 30.7 Å². The molecule has 8 heteroatoms. The third kappa shape index (κ3) is 6.50. The van der Waals surface area contributed by atoms with Crippen LogP contribution in [-0.4, -0.2) is 0 Å². The zero-order valence-electron chi connectivity index (χ0n) is 20.2. The predicted octanol–water partition coefficient (Wildman–Crippen LogP) is 8.70. The zero-order chi connectivity index (χ0) is 28.2. The molecule has 0 N–H and O–H groups in total. The van der Waals surface area contributed by atoms with Crippen molar-refractivity contribution in [3.05, 3.63) is 137 Å². The molecule has 198 valence electrons. The number of ether oxygens (including phenoxy) is 1. The van der Waals surface area contributed by atoms with E-state index >= 15 is 0 Å². The van der Waals surface area contributed by atoms with Gasteiger partial charge in [0, 0.05) is 22.8 Å². The smallest absolute Gasteiger partial charge is 0.429 e. The minimum Gasteiger partial charge on any atom is -0.429 e. The largest absolute Gasteiger partial charge is 0.429 e. The Balaban J connectivity index is 1.50. The van der Waals surface area contributed by atoms with E-state index in [1.807, 2.05) is 18.2 Å². The lowest BCUT2D eigenvalue weighted by Crippen LogP contribution is -2.23. The summed E-state index contributed by atoms with van der Waals surface area (Å²) >= 11 is 0. The van der Waals surface area contributed by atoms with Gasteiger partial charge < -0.3 is 4.74 Å². The van der Waals surface area contributed by atoms with Crippen LogP contribution in [0.4, 0.5) is 30.7 Å². The van der Waals surface area contributed by atoms with Gasteiger partial charge in [-0.15, -0.1) is 6.58 Å². The van der Waals surface area contributed by atoms with Crippen LogP contribution in [0.5, 0.6) is 5.75 Å². The number of aryl methyl sites for hydroxylation is 1. The fraction of sp³-hybridized carbons (Fsp3) is 0.0968. The summed E-state index contributed by atoms with van der Waals surface area (Å²) in [5.41, 5.74) is 0.0687. The van der Waals surface area contributed by atoms with Gasteiger partial charge in [-0.2, -0.15) is 8.78 Å². The molecule has 0 saturated carbocycles. The van der Waals surface area contributed by atoms with Crippen LogP contribution in [0, 0.1) is 40.9 Å². The first-order valence-corrected chi connectivity index (χ1v) is 11.6. The van der Waals surface area contributed by atoms with Crippen LogP contribution >= 0.6 is 0 Å². The number of alkyl halides is 2. The van der Waals surface area contributed by atoms with Gasteiger partial charge in [0.25, 0.3) is 0 Å². The Labute approximate surface area is 220 Å². The number of hydrogen-bond acceptors (Lipinski definition) is 1. The van der Waals surface area contributed by atoms with Crippen molar-refractivity contribution in [3.63, 3.8) is 0 Å². The van der Waals surface area contributed by atoms with Crippen molar-refractivity contribution in [2.75, 3.05) is 0 Å². The summed E-state index contributed by atoms with van der Waals surface area (Å²) in [5.74, 6) is -2.40. The van der Waals surface area contributed by atoms with Crippen molar-refractivity contribution in [1.29, 1.82) is 0 Å². The highest BCUT2D eigenvalue weighted by atomic mass is 19.3. The molecular formula is C31H19F7O. The third-order valence-electron chi connectivity index (χ3n) is 5.71. The average molecular weight is 540 g/mol. The predicted molar refractivity (Wildman–Crippen MR) is 134 cm³/mol. The molecule has 0 atom stereocenters. The maximum absolute atomic E-state index is 14.7.